The number of amides is 1. The van der Waals surface area contributed by atoms with Crippen molar-refractivity contribution in [3.8, 4) is 17.1 Å². The standard InChI is InChI=1S/C25H23Cl2F3N8O3/c26-15-7-5-14(6-8-15)22-35-37(24(41)36(22)12-19(39)25(28,29)30)13-20-33-23(32-16-9-10-21(40)31-11-16)38(34-20)18-4-2-1-3-17(18)27/h1-8,16,19,39H,9-13H2,(H,31,40)(H,32,33,34)/t16?,19-/m0/s1. The average molecular weight is 611 g/mol. The number of carbonyl (C=O) groups excluding carboxylic acids is 1. The molecule has 0 bridgehead atoms. The molecule has 0 saturated carbocycles. The van der Waals surface area contributed by atoms with E-state index < -0.39 is 24.5 Å². The Labute approximate surface area is 240 Å². The Kier molecular flexibility index (Phi) is 8.07. The number of aliphatic hydroxyl groups excluding tert-OH is 1. The Hall–Kier alpha value is -3.88. The lowest BCUT2D eigenvalue weighted by molar-refractivity contribution is -0.207. The van der Waals surface area contributed by atoms with Gasteiger partial charge >= 0.3 is 11.9 Å². The molecular weight excluding hydrogens is 588 g/mol. The number of alkyl halides is 3. The molecule has 3 N–H and O–H groups in total. The van der Waals surface area contributed by atoms with E-state index >= 15 is 0 Å². The first-order valence-electron chi connectivity index (χ1n) is 12.4. The minimum absolute atomic E-state index is 0.0570. The molecule has 1 fully saturated rings. The number of piperidine rings is 1. The Morgan fingerprint density at radius 2 is 1.83 bits per heavy atom. The lowest BCUT2D eigenvalue weighted by Crippen LogP contribution is -2.42. The van der Waals surface area contributed by atoms with Crippen LogP contribution in [0.2, 0.25) is 10.0 Å². The van der Waals surface area contributed by atoms with E-state index in [2.05, 4.69) is 25.8 Å². The second-order valence-corrected chi connectivity index (χ2v) is 10.2. The number of anilines is 1. The van der Waals surface area contributed by atoms with Gasteiger partial charge in [-0.2, -0.15) is 22.8 Å². The van der Waals surface area contributed by atoms with Gasteiger partial charge in [0.25, 0.3) is 0 Å². The fourth-order valence-corrected chi connectivity index (χ4v) is 4.62. The van der Waals surface area contributed by atoms with E-state index in [-0.39, 0.29) is 36.1 Å². The predicted octanol–water partition coefficient (Wildman–Crippen LogP) is 3.26. The van der Waals surface area contributed by atoms with Gasteiger partial charge in [-0.25, -0.2) is 9.48 Å². The smallest absolute Gasteiger partial charge is 0.382 e. The fraction of sp³-hybridized carbons (Fsp3) is 0.320. The number of aliphatic hydroxyl groups is 1. The van der Waals surface area contributed by atoms with Crippen LogP contribution in [0.25, 0.3) is 17.1 Å². The summed E-state index contributed by atoms with van der Waals surface area (Å²) in [5, 5.41) is 25.2. The summed E-state index contributed by atoms with van der Waals surface area (Å²) in [4.78, 5) is 29.4. The summed E-state index contributed by atoms with van der Waals surface area (Å²) in [6.45, 7) is -1.01. The van der Waals surface area contributed by atoms with Crippen molar-refractivity contribution in [3.63, 3.8) is 0 Å². The molecule has 1 aliphatic heterocycles. The van der Waals surface area contributed by atoms with E-state index in [1.54, 1.807) is 24.3 Å². The van der Waals surface area contributed by atoms with E-state index in [0.29, 0.717) is 40.7 Å². The zero-order valence-electron chi connectivity index (χ0n) is 21.1. The molecule has 5 rings (SSSR count). The SMILES string of the molecule is O=C1CCC(Nc2nc(Cn3nc(-c4ccc(Cl)cc4)n(C[C@H](O)C(F)(F)F)c3=O)nn2-c2ccccc2Cl)CN1. The number of rotatable bonds is 8. The number of halogens is 5. The van der Waals surface area contributed by atoms with Crippen molar-refractivity contribution in [2.24, 2.45) is 0 Å². The van der Waals surface area contributed by atoms with E-state index in [1.807, 2.05) is 0 Å². The number of para-hydroxylation sites is 1. The van der Waals surface area contributed by atoms with Crippen LogP contribution in [-0.2, 0) is 17.9 Å². The van der Waals surface area contributed by atoms with E-state index in [9.17, 15) is 27.9 Å². The van der Waals surface area contributed by atoms with Crippen LogP contribution >= 0.6 is 23.2 Å². The second-order valence-electron chi connectivity index (χ2n) is 9.34. The highest BCUT2D eigenvalue weighted by Gasteiger charge is 2.39. The maximum absolute atomic E-state index is 13.3. The van der Waals surface area contributed by atoms with Crippen LogP contribution in [-0.4, -0.2) is 65.0 Å². The summed E-state index contributed by atoms with van der Waals surface area (Å²) in [5.41, 5.74) is -0.101. The van der Waals surface area contributed by atoms with Gasteiger partial charge in [-0.15, -0.1) is 10.2 Å². The van der Waals surface area contributed by atoms with Crippen molar-refractivity contribution in [2.45, 2.75) is 44.3 Å². The largest absolute Gasteiger partial charge is 0.416 e. The first kappa shape index (κ1) is 28.6. The van der Waals surface area contributed by atoms with Crippen LogP contribution in [0, 0.1) is 0 Å². The summed E-state index contributed by atoms with van der Waals surface area (Å²) in [6.07, 6.45) is -6.87. The van der Waals surface area contributed by atoms with Crippen LogP contribution < -0.4 is 16.3 Å². The van der Waals surface area contributed by atoms with Crippen molar-refractivity contribution in [2.75, 3.05) is 11.9 Å². The Balaban J connectivity index is 1.52. The zero-order valence-corrected chi connectivity index (χ0v) is 22.7. The van der Waals surface area contributed by atoms with E-state index in [1.165, 1.54) is 28.9 Å². The lowest BCUT2D eigenvalue weighted by atomic mass is 10.1. The molecule has 2 atom stereocenters. The van der Waals surface area contributed by atoms with Gasteiger partial charge in [-0.1, -0.05) is 35.3 Å². The molecule has 0 aliphatic carbocycles. The van der Waals surface area contributed by atoms with Gasteiger partial charge in [0.1, 0.15) is 6.54 Å². The third-order valence-corrected chi connectivity index (χ3v) is 6.95. The van der Waals surface area contributed by atoms with Crippen LogP contribution in [0.15, 0.2) is 53.3 Å². The highest BCUT2D eigenvalue weighted by molar-refractivity contribution is 6.32. The van der Waals surface area contributed by atoms with Gasteiger partial charge in [-0.05, 0) is 42.8 Å². The number of hydrogen-bond acceptors (Lipinski definition) is 7. The van der Waals surface area contributed by atoms with Gasteiger partial charge in [0, 0.05) is 29.6 Å². The minimum atomic E-state index is -4.95. The first-order chi connectivity index (χ1) is 19.5. The topological polar surface area (TPSA) is 132 Å². The maximum Gasteiger partial charge on any atom is 0.416 e. The quantitative estimate of drug-likeness (QED) is 0.279. The van der Waals surface area contributed by atoms with Crippen molar-refractivity contribution in [1.29, 1.82) is 0 Å². The predicted molar refractivity (Wildman–Crippen MR) is 144 cm³/mol. The number of nitrogens with one attached hydrogen (secondary N) is 2. The van der Waals surface area contributed by atoms with Crippen LogP contribution in [0.4, 0.5) is 19.1 Å². The Morgan fingerprint density at radius 3 is 2.49 bits per heavy atom. The molecule has 1 saturated heterocycles. The molecule has 2 aromatic carbocycles. The summed E-state index contributed by atoms with van der Waals surface area (Å²) in [7, 11) is 0. The number of nitrogens with zero attached hydrogens (tertiary/aromatic N) is 6. The van der Waals surface area contributed by atoms with Crippen LogP contribution in [0.5, 0.6) is 0 Å². The number of benzene rings is 2. The average Bonchev–Trinajstić information content (AvgIpc) is 3.46. The van der Waals surface area contributed by atoms with E-state index in [0.717, 1.165) is 9.25 Å². The maximum atomic E-state index is 13.3. The molecule has 3 heterocycles. The van der Waals surface area contributed by atoms with Gasteiger partial charge in [0.05, 0.1) is 17.3 Å². The minimum Gasteiger partial charge on any atom is -0.382 e. The molecule has 41 heavy (non-hydrogen) atoms. The van der Waals surface area contributed by atoms with Crippen molar-refractivity contribution >= 4 is 35.1 Å². The molecule has 216 valence electrons. The molecule has 4 aromatic rings. The van der Waals surface area contributed by atoms with Gasteiger partial charge < -0.3 is 15.7 Å². The summed E-state index contributed by atoms with van der Waals surface area (Å²) in [5.74, 6) is 0.236. The normalized spacial score (nSPS) is 16.4. The Bertz CT molecular complexity index is 1610. The van der Waals surface area contributed by atoms with Crippen LogP contribution in [0.3, 0.4) is 0 Å². The third kappa shape index (κ3) is 6.39. The van der Waals surface area contributed by atoms with Gasteiger partial charge in [0.2, 0.25) is 11.9 Å². The number of aromatic nitrogens is 6. The highest BCUT2D eigenvalue weighted by atomic mass is 35.5. The summed E-state index contributed by atoms with van der Waals surface area (Å²) in [6, 6.07) is 12.7. The van der Waals surface area contributed by atoms with Crippen LogP contribution in [0.1, 0.15) is 18.7 Å². The Morgan fingerprint density at radius 1 is 1.10 bits per heavy atom. The molecule has 2 aromatic heterocycles. The molecule has 1 amide bonds. The molecule has 11 nitrogen and oxygen atoms in total. The monoisotopic (exact) mass is 610 g/mol. The molecular formula is C25H23Cl2F3N8O3. The number of carbonyl (C=O) groups is 1. The fourth-order valence-electron chi connectivity index (χ4n) is 4.28. The van der Waals surface area contributed by atoms with Crippen molar-refractivity contribution < 1.29 is 23.1 Å². The van der Waals surface area contributed by atoms with E-state index in [4.69, 9.17) is 23.2 Å². The summed E-state index contributed by atoms with van der Waals surface area (Å²) >= 11 is 12.4. The van der Waals surface area contributed by atoms with Gasteiger partial charge in [0.15, 0.2) is 17.8 Å². The lowest BCUT2D eigenvalue weighted by Gasteiger charge is -2.23. The van der Waals surface area contributed by atoms with Crippen molar-refractivity contribution in [3.05, 3.63) is 74.9 Å². The summed E-state index contributed by atoms with van der Waals surface area (Å²) < 4.78 is 42.7. The first-order valence-corrected chi connectivity index (χ1v) is 13.2. The molecule has 16 heteroatoms. The number of hydrogen-bond donors (Lipinski definition) is 3. The molecule has 0 radical (unpaired) electrons. The van der Waals surface area contributed by atoms with Crippen molar-refractivity contribution in [1.82, 2.24) is 34.4 Å². The van der Waals surface area contributed by atoms with Gasteiger partial charge in [-0.3, -0.25) is 9.36 Å². The highest BCUT2D eigenvalue weighted by Crippen LogP contribution is 2.26. The molecule has 0 spiro atoms. The molecule has 1 aliphatic rings. The molecule has 1 unspecified atom stereocenters. The third-order valence-electron chi connectivity index (χ3n) is 6.38. The second kappa shape index (κ2) is 11.5. The zero-order chi connectivity index (χ0) is 29.3.